The minimum atomic E-state index is 0.631. The Balaban J connectivity index is 2.22. The zero-order valence-corrected chi connectivity index (χ0v) is 9.32. The first-order chi connectivity index (χ1) is 7.42. The fourth-order valence-corrected chi connectivity index (χ4v) is 2.30. The van der Waals surface area contributed by atoms with E-state index in [1.807, 2.05) is 0 Å². The first-order valence-electron chi connectivity index (χ1n) is 5.79. The number of fused-ring (bicyclic) bond motifs is 1. The summed E-state index contributed by atoms with van der Waals surface area (Å²) >= 11 is 0. The Labute approximate surface area is 92.3 Å². The Morgan fingerprint density at radius 1 is 1.20 bits per heavy atom. The van der Waals surface area contributed by atoms with Gasteiger partial charge in [0.25, 0.3) is 0 Å². The van der Waals surface area contributed by atoms with Gasteiger partial charge in [-0.2, -0.15) is 0 Å². The lowest BCUT2D eigenvalue weighted by Gasteiger charge is -2.22. The van der Waals surface area contributed by atoms with Crippen molar-refractivity contribution in [2.24, 2.45) is 0 Å². The molecule has 0 aromatic heterocycles. The summed E-state index contributed by atoms with van der Waals surface area (Å²) in [5.41, 5.74) is 3.07. The molecule has 0 heteroatoms. The molecule has 15 heavy (non-hydrogen) atoms. The summed E-state index contributed by atoms with van der Waals surface area (Å²) in [6.45, 7) is 2.05. The predicted molar refractivity (Wildman–Crippen MR) is 66.1 cm³/mol. The van der Waals surface area contributed by atoms with Crippen LogP contribution >= 0.6 is 0 Å². The van der Waals surface area contributed by atoms with Gasteiger partial charge in [-0.05, 0) is 37.3 Å². The average molecular weight is 198 g/mol. The monoisotopic (exact) mass is 198 g/mol. The molecule has 1 atom stereocenters. The number of hydrogen-bond donors (Lipinski definition) is 0. The Hall–Kier alpha value is -1.30. The van der Waals surface area contributed by atoms with Crippen molar-refractivity contribution in [2.45, 2.75) is 32.1 Å². The first kappa shape index (κ1) is 10.2. The van der Waals surface area contributed by atoms with E-state index < -0.39 is 0 Å². The van der Waals surface area contributed by atoms with Crippen LogP contribution in [0.1, 0.15) is 36.8 Å². The second-order valence-electron chi connectivity index (χ2n) is 4.11. The van der Waals surface area contributed by atoms with E-state index in [-0.39, 0.29) is 0 Å². The summed E-state index contributed by atoms with van der Waals surface area (Å²) in [5.74, 6) is 0.631. The third-order valence-electron chi connectivity index (χ3n) is 3.06. The van der Waals surface area contributed by atoms with Gasteiger partial charge in [0.05, 0.1) is 0 Å². The van der Waals surface area contributed by atoms with Crippen LogP contribution in [0, 0.1) is 0 Å². The van der Waals surface area contributed by atoms with Crippen LogP contribution < -0.4 is 0 Å². The molecule has 0 fully saturated rings. The van der Waals surface area contributed by atoms with Crippen molar-refractivity contribution in [3.8, 4) is 0 Å². The first-order valence-corrected chi connectivity index (χ1v) is 5.79. The van der Waals surface area contributed by atoms with Crippen LogP contribution in [0.4, 0.5) is 0 Å². The molecule has 0 saturated heterocycles. The molecule has 1 aromatic rings. The Morgan fingerprint density at radius 3 is 2.93 bits per heavy atom. The van der Waals surface area contributed by atoms with Crippen LogP contribution in [0.2, 0.25) is 0 Å². The lowest BCUT2D eigenvalue weighted by molar-refractivity contribution is 0.629. The van der Waals surface area contributed by atoms with E-state index in [1.54, 1.807) is 5.56 Å². The van der Waals surface area contributed by atoms with E-state index in [0.29, 0.717) is 5.92 Å². The maximum absolute atomic E-state index is 2.33. The minimum Gasteiger partial charge on any atom is -0.0877 e. The van der Waals surface area contributed by atoms with Gasteiger partial charge in [-0.25, -0.2) is 0 Å². The Kier molecular flexibility index (Phi) is 3.39. The third-order valence-corrected chi connectivity index (χ3v) is 3.06. The van der Waals surface area contributed by atoms with Crippen LogP contribution in [0.3, 0.4) is 0 Å². The quantitative estimate of drug-likeness (QED) is 0.623. The van der Waals surface area contributed by atoms with Crippen molar-refractivity contribution in [1.82, 2.24) is 0 Å². The van der Waals surface area contributed by atoms with Crippen molar-refractivity contribution < 1.29 is 0 Å². The predicted octanol–water partition coefficient (Wildman–Crippen LogP) is 4.24. The average Bonchev–Trinajstić information content (AvgIpc) is 2.30. The summed E-state index contributed by atoms with van der Waals surface area (Å²) < 4.78 is 0. The molecular weight excluding hydrogens is 180 g/mol. The lowest BCUT2D eigenvalue weighted by atomic mass is 9.83. The molecule has 0 nitrogen and oxygen atoms in total. The minimum absolute atomic E-state index is 0.631. The summed E-state index contributed by atoms with van der Waals surface area (Å²) in [4.78, 5) is 0. The Bertz CT molecular complexity index is 371. The van der Waals surface area contributed by atoms with E-state index in [2.05, 4.69) is 55.5 Å². The van der Waals surface area contributed by atoms with Crippen molar-refractivity contribution >= 4 is 0 Å². The van der Waals surface area contributed by atoms with Crippen LogP contribution in [-0.4, -0.2) is 0 Å². The van der Waals surface area contributed by atoms with E-state index in [1.165, 1.54) is 24.8 Å². The molecular formula is C15H18. The molecule has 1 aliphatic rings. The molecule has 0 radical (unpaired) electrons. The highest BCUT2D eigenvalue weighted by molar-refractivity contribution is 5.35. The molecule has 2 rings (SSSR count). The van der Waals surface area contributed by atoms with E-state index in [4.69, 9.17) is 0 Å². The van der Waals surface area contributed by atoms with Gasteiger partial charge in [-0.3, -0.25) is 0 Å². The van der Waals surface area contributed by atoms with Crippen molar-refractivity contribution in [1.29, 1.82) is 0 Å². The highest BCUT2D eigenvalue weighted by Crippen LogP contribution is 2.32. The molecule has 0 bridgehead atoms. The Morgan fingerprint density at radius 2 is 2.07 bits per heavy atom. The second kappa shape index (κ2) is 4.97. The molecule has 0 amide bonds. The highest BCUT2D eigenvalue weighted by Gasteiger charge is 2.16. The molecule has 0 saturated carbocycles. The lowest BCUT2D eigenvalue weighted by Crippen LogP contribution is -2.07. The zero-order valence-electron chi connectivity index (χ0n) is 9.32. The van der Waals surface area contributed by atoms with Gasteiger partial charge in [0.1, 0.15) is 0 Å². The van der Waals surface area contributed by atoms with Gasteiger partial charge < -0.3 is 0 Å². The van der Waals surface area contributed by atoms with Gasteiger partial charge in [-0.1, -0.05) is 48.6 Å². The van der Waals surface area contributed by atoms with E-state index >= 15 is 0 Å². The van der Waals surface area contributed by atoms with Gasteiger partial charge in [0.15, 0.2) is 0 Å². The number of allylic oxidation sites excluding steroid dienone is 4. The van der Waals surface area contributed by atoms with Crippen LogP contribution in [0.15, 0.2) is 48.6 Å². The highest BCUT2D eigenvalue weighted by atomic mass is 14.2. The maximum Gasteiger partial charge on any atom is 0.00239 e. The smallest absolute Gasteiger partial charge is 0.00239 e. The molecule has 1 aliphatic carbocycles. The van der Waals surface area contributed by atoms with Crippen LogP contribution in [-0.2, 0) is 6.42 Å². The summed E-state index contributed by atoms with van der Waals surface area (Å²) in [6.07, 6.45) is 12.6. The molecule has 0 spiro atoms. The standard InChI is InChI=1S/C15H18/c1-2-3-4-8-13-10-7-11-14-9-5-6-12-15(13)14/h2-6,8-9,12-13H,7,10-11H2,1H3/b3-2+,8-4+/t13-/m0/s1. The molecule has 0 unspecified atom stereocenters. The van der Waals surface area contributed by atoms with Crippen molar-refractivity contribution in [3.05, 3.63) is 59.7 Å². The van der Waals surface area contributed by atoms with Gasteiger partial charge in [-0.15, -0.1) is 0 Å². The van der Waals surface area contributed by atoms with Gasteiger partial charge in [0, 0.05) is 5.92 Å². The fourth-order valence-electron chi connectivity index (χ4n) is 2.30. The van der Waals surface area contributed by atoms with Crippen molar-refractivity contribution in [2.75, 3.05) is 0 Å². The number of benzene rings is 1. The number of rotatable bonds is 2. The van der Waals surface area contributed by atoms with E-state index in [0.717, 1.165) is 0 Å². The normalized spacial score (nSPS) is 21.0. The molecule has 0 aliphatic heterocycles. The molecule has 0 N–H and O–H groups in total. The number of aryl methyl sites for hydroxylation is 1. The summed E-state index contributed by atoms with van der Waals surface area (Å²) in [7, 11) is 0. The third kappa shape index (κ3) is 2.38. The SMILES string of the molecule is C/C=C/C=C/[C@H]1CCCc2ccccc21. The number of hydrogen-bond acceptors (Lipinski definition) is 0. The zero-order chi connectivity index (χ0) is 10.5. The van der Waals surface area contributed by atoms with E-state index in [9.17, 15) is 0 Å². The fraction of sp³-hybridized carbons (Fsp3) is 0.333. The summed E-state index contributed by atoms with van der Waals surface area (Å²) in [5, 5.41) is 0. The maximum atomic E-state index is 2.33. The van der Waals surface area contributed by atoms with Gasteiger partial charge in [0.2, 0.25) is 0 Å². The van der Waals surface area contributed by atoms with Crippen molar-refractivity contribution in [3.63, 3.8) is 0 Å². The largest absolute Gasteiger partial charge is 0.0877 e. The second-order valence-corrected chi connectivity index (χ2v) is 4.11. The topological polar surface area (TPSA) is 0 Å². The molecule has 78 valence electrons. The van der Waals surface area contributed by atoms with Gasteiger partial charge >= 0.3 is 0 Å². The summed E-state index contributed by atoms with van der Waals surface area (Å²) in [6, 6.07) is 8.85. The molecule has 0 heterocycles. The van der Waals surface area contributed by atoms with Crippen LogP contribution in [0.25, 0.3) is 0 Å². The van der Waals surface area contributed by atoms with Crippen LogP contribution in [0.5, 0.6) is 0 Å². The molecule has 1 aromatic carbocycles.